The van der Waals surface area contributed by atoms with E-state index in [2.05, 4.69) is 10.3 Å². The molecule has 17 heavy (non-hydrogen) atoms. The van der Waals surface area contributed by atoms with Gasteiger partial charge in [0.1, 0.15) is 0 Å². The highest BCUT2D eigenvalue weighted by Crippen LogP contribution is 2.34. The molecule has 0 aliphatic heterocycles. The van der Waals surface area contributed by atoms with Gasteiger partial charge in [0, 0.05) is 9.92 Å². The molecular formula is C10H8ClN3OS2. The van der Waals surface area contributed by atoms with Gasteiger partial charge in [0.05, 0.1) is 10.4 Å². The molecule has 0 atom stereocenters. The predicted octanol–water partition coefficient (Wildman–Crippen LogP) is 3.44. The quantitative estimate of drug-likeness (QED) is 0.908. The highest BCUT2D eigenvalue weighted by Gasteiger charge is 2.05. The summed E-state index contributed by atoms with van der Waals surface area (Å²) in [5.74, 6) is 0. The van der Waals surface area contributed by atoms with E-state index in [1.165, 1.54) is 23.1 Å². The lowest BCUT2D eigenvalue weighted by Crippen LogP contribution is -2.18. The Labute approximate surface area is 111 Å². The lowest BCUT2D eigenvalue weighted by atomic mass is 10.4. The molecule has 7 heteroatoms. The number of hydrogen-bond donors (Lipinski definition) is 2. The fourth-order valence-corrected chi connectivity index (χ4v) is 3.29. The van der Waals surface area contributed by atoms with E-state index in [9.17, 15) is 4.79 Å². The van der Waals surface area contributed by atoms with Crippen molar-refractivity contribution in [1.82, 2.24) is 4.98 Å². The molecule has 0 aliphatic carbocycles. The zero-order valence-electron chi connectivity index (χ0n) is 8.51. The number of carbonyl (C=O) groups excluding carboxylic acids is 1. The molecule has 2 rings (SSSR count). The van der Waals surface area contributed by atoms with Crippen LogP contribution >= 0.6 is 34.7 Å². The van der Waals surface area contributed by atoms with E-state index in [0.29, 0.717) is 10.2 Å². The van der Waals surface area contributed by atoms with Crippen LogP contribution in [0.5, 0.6) is 0 Å². The molecule has 88 valence electrons. The smallest absolute Gasteiger partial charge is 0.318 e. The van der Waals surface area contributed by atoms with Gasteiger partial charge in [0.15, 0.2) is 5.13 Å². The van der Waals surface area contributed by atoms with Crippen molar-refractivity contribution in [3.05, 3.63) is 35.5 Å². The molecule has 0 unspecified atom stereocenters. The number of nitrogens with two attached hydrogens (primary N) is 1. The molecule has 0 radical (unpaired) electrons. The zero-order chi connectivity index (χ0) is 12.3. The number of nitrogens with zero attached hydrogens (tertiary/aromatic N) is 1. The largest absolute Gasteiger partial charge is 0.351 e. The number of halogens is 1. The molecule has 2 amide bonds. The van der Waals surface area contributed by atoms with Crippen LogP contribution in [-0.4, -0.2) is 11.0 Å². The average Bonchev–Trinajstić information content (AvgIpc) is 2.64. The summed E-state index contributed by atoms with van der Waals surface area (Å²) in [4.78, 5) is 15.7. The lowest BCUT2D eigenvalue weighted by Gasteiger charge is -1.97. The molecule has 0 spiro atoms. The number of nitrogens with one attached hydrogen (secondary N) is 1. The predicted molar refractivity (Wildman–Crippen MR) is 70.9 cm³/mol. The Balaban J connectivity index is 2.08. The number of thiazole rings is 1. The Morgan fingerprint density at radius 3 is 3.06 bits per heavy atom. The van der Waals surface area contributed by atoms with E-state index in [-0.39, 0.29) is 0 Å². The normalized spacial score (nSPS) is 10.2. The minimum absolute atomic E-state index is 0.488. The fourth-order valence-electron chi connectivity index (χ4n) is 1.12. The summed E-state index contributed by atoms with van der Waals surface area (Å²) in [6, 6.07) is 6.91. The van der Waals surface area contributed by atoms with Crippen LogP contribution in [0.25, 0.3) is 0 Å². The minimum atomic E-state index is -0.612. The van der Waals surface area contributed by atoms with Gasteiger partial charge >= 0.3 is 6.03 Å². The summed E-state index contributed by atoms with van der Waals surface area (Å²) >= 11 is 8.77. The third-order valence-corrected chi connectivity index (χ3v) is 3.97. The third kappa shape index (κ3) is 3.62. The van der Waals surface area contributed by atoms with Crippen molar-refractivity contribution in [1.29, 1.82) is 0 Å². The van der Waals surface area contributed by atoms with Crippen molar-refractivity contribution in [2.24, 2.45) is 5.73 Å². The first-order valence-electron chi connectivity index (χ1n) is 4.59. The monoisotopic (exact) mass is 285 g/mol. The highest BCUT2D eigenvalue weighted by molar-refractivity contribution is 8.01. The number of aromatic nitrogens is 1. The van der Waals surface area contributed by atoms with Gasteiger partial charge in [-0.2, -0.15) is 0 Å². The lowest BCUT2D eigenvalue weighted by molar-refractivity contribution is 0.259. The topological polar surface area (TPSA) is 68.0 Å². The Morgan fingerprint density at radius 2 is 2.35 bits per heavy atom. The summed E-state index contributed by atoms with van der Waals surface area (Å²) in [5, 5.41) is 3.61. The molecule has 4 nitrogen and oxygen atoms in total. The van der Waals surface area contributed by atoms with Crippen LogP contribution in [0.1, 0.15) is 0 Å². The van der Waals surface area contributed by atoms with Crippen LogP contribution in [0.2, 0.25) is 5.02 Å². The number of benzene rings is 1. The second kappa shape index (κ2) is 5.39. The van der Waals surface area contributed by atoms with Gasteiger partial charge in [-0.15, -0.1) is 0 Å². The van der Waals surface area contributed by atoms with Gasteiger partial charge < -0.3 is 5.73 Å². The van der Waals surface area contributed by atoms with Gasteiger partial charge in [0.2, 0.25) is 0 Å². The van der Waals surface area contributed by atoms with Crippen LogP contribution in [-0.2, 0) is 0 Å². The van der Waals surface area contributed by atoms with E-state index >= 15 is 0 Å². The summed E-state index contributed by atoms with van der Waals surface area (Å²) in [5.41, 5.74) is 5.00. The molecule has 0 fully saturated rings. The standard InChI is InChI=1S/C10H8ClN3OS2/c11-6-2-1-3-7(4-6)16-8-5-13-10(17-8)14-9(12)15/h1-5H,(H3,12,13,14,15). The first-order chi connectivity index (χ1) is 8.13. The van der Waals surface area contributed by atoms with Crippen molar-refractivity contribution < 1.29 is 4.79 Å². The number of amides is 2. The van der Waals surface area contributed by atoms with Gasteiger partial charge in [-0.3, -0.25) is 5.32 Å². The van der Waals surface area contributed by atoms with Gasteiger partial charge in [0.25, 0.3) is 0 Å². The van der Waals surface area contributed by atoms with E-state index in [1.54, 1.807) is 6.20 Å². The van der Waals surface area contributed by atoms with E-state index in [1.807, 2.05) is 24.3 Å². The van der Waals surface area contributed by atoms with E-state index < -0.39 is 6.03 Å². The molecule has 0 saturated heterocycles. The van der Waals surface area contributed by atoms with Crippen LogP contribution in [0.15, 0.2) is 39.6 Å². The maximum Gasteiger partial charge on any atom is 0.318 e. The summed E-state index contributed by atoms with van der Waals surface area (Å²) in [7, 11) is 0. The number of carbonyl (C=O) groups is 1. The van der Waals surface area contributed by atoms with Crippen molar-refractivity contribution in [2.45, 2.75) is 9.10 Å². The number of urea groups is 1. The van der Waals surface area contributed by atoms with Crippen molar-refractivity contribution in [3.63, 3.8) is 0 Å². The van der Waals surface area contributed by atoms with Gasteiger partial charge in [-0.1, -0.05) is 40.8 Å². The fraction of sp³-hybridized carbons (Fsp3) is 0. The van der Waals surface area contributed by atoms with Gasteiger partial charge in [-0.25, -0.2) is 9.78 Å². The molecule has 0 bridgehead atoms. The molecular weight excluding hydrogens is 278 g/mol. The first-order valence-corrected chi connectivity index (χ1v) is 6.60. The van der Waals surface area contributed by atoms with Crippen molar-refractivity contribution in [2.75, 3.05) is 5.32 Å². The molecule has 1 heterocycles. The summed E-state index contributed by atoms with van der Waals surface area (Å²) in [6.45, 7) is 0. The maximum absolute atomic E-state index is 10.6. The molecule has 2 aromatic rings. The van der Waals surface area contributed by atoms with Crippen molar-refractivity contribution in [3.8, 4) is 0 Å². The second-order valence-corrected chi connectivity index (χ2v) is 5.87. The Bertz CT molecular complexity index is 544. The summed E-state index contributed by atoms with van der Waals surface area (Å²) in [6.07, 6.45) is 1.68. The van der Waals surface area contributed by atoms with Crippen LogP contribution in [0.4, 0.5) is 9.93 Å². The minimum Gasteiger partial charge on any atom is -0.351 e. The average molecular weight is 286 g/mol. The second-order valence-electron chi connectivity index (χ2n) is 3.03. The van der Waals surface area contributed by atoms with Crippen LogP contribution in [0, 0.1) is 0 Å². The summed E-state index contributed by atoms with van der Waals surface area (Å²) < 4.78 is 0.955. The number of rotatable bonds is 3. The highest BCUT2D eigenvalue weighted by atomic mass is 35.5. The zero-order valence-corrected chi connectivity index (χ0v) is 10.9. The van der Waals surface area contributed by atoms with Crippen molar-refractivity contribution >= 4 is 45.9 Å². The van der Waals surface area contributed by atoms with Gasteiger partial charge in [-0.05, 0) is 18.2 Å². The molecule has 0 saturated carbocycles. The number of hydrogen-bond acceptors (Lipinski definition) is 4. The third-order valence-electron chi connectivity index (χ3n) is 1.73. The number of primary amides is 1. The Morgan fingerprint density at radius 1 is 1.53 bits per heavy atom. The molecule has 3 N–H and O–H groups in total. The first kappa shape index (κ1) is 12.2. The SMILES string of the molecule is NC(=O)Nc1ncc(Sc2cccc(Cl)c2)s1. The van der Waals surface area contributed by atoms with E-state index in [4.69, 9.17) is 17.3 Å². The molecule has 0 aliphatic rings. The maximum atomic E-state index is 10.6. The van der Waals surface area contributed by atoms with Crippen LogP contribution in [0.3, 0.4) is 0 Å². The Hall–Kier alpha value is -1.24. The number of anilines is 1. The van der Waals surface area contributed by atoms with Crippen LogP contribution < -0.4 is 11.1 Å². The molecule has 1 aromatic heterocycles. The Kier molecular flexibility index (Phi) is 3.88. The van der Waals surface area contributed by atoms with E-state index in [0.717, 1.165) is 9.10 Å². The molecule has 1 aromatic carbocycles.